The lowest BCUT2D eigenvalue weighted by atomic mass is 9.94. The van der Waals surface area contributed by atoms with Gasteiger partial charge in [0.05, 0.1) is 19.8 Å². The van der Waals surface area contributed by atoms with Crippen LogP contribution in [0.4, 0.5) is 0 Å². The second-order valence-electron chi connectivity index (χ2n) is 8.07. The molecule has 0 unspecified atom stereocenters. The number of rotatable bonds is 15. The van der Waals surface area contributed by atoms with Crippen LogP contribution >= 0.6 is 0 Å². The molecule has 174 valence electrons. The first kappa shape index (κ1) is 26.3. The number of hydrogen-bond acceptors (Lipinski definition) is 9. The Labute approximate surface area is 185 Å². The number of nitrogens with two attached hydrogens (primary N) is 1. The number of methoxy groups -OCH3 is 1. The molecule has 1 rings (SSSR count). The lowest BCUT2D eigenvalue weighted by Crippen LogP contribution is -2.34. The van der Waals surface area contributed by atoms with E-state index in [9.17, 15) is 0 Å². The van der Waals surface area contributed by atoms with Crippen LogP contribution in [0.3, 0.4) is 0 Å². The molecular formula is C21H37N7O3. The van der Waals surface area contributed by atoms with Crippen molar-refractivity contribution in [3.05, 3.63) is 35.4 Å². The monoisotopic (exact) mass is 435 g/mol. The van der Waals surface area contributed by atoms with E-state index in [-0.39, 0.29) is 23.7 Å². The number of hydrogen-bond donors (Lipinski definition) is 4. The van der Waals surface area contributed by atoms with Gasteiger partial charge in [-0.2, -0.15) is 0 Å². The summed E-state index contributed by atoms with van der Waals surface area (Å²) in [4.78, 5) is 10.1. The van der Waals surface area contributed by atoms with Gasteiger partial charge < -0.3 is 35.5 Å². The van der Waals surface area contributed by atoms with Gasteiger partial charge in [0, 0.05) is 37.9 Å². The third kappa shape index (κ3) is 10.8. The first-order valence-corrected chi connectivity index (χ1v) is 10.0. The van der Waals surface area contributed by atoms with E-state index in [1.165, 1.54) is 0 Å². The van der Waals surface area contributed by atoms with E-state index in [4.69, 9.17) is 25.4 Å². The van der Waals surface area contributed by atoms with Crippen LogP contribution in [0.25, 0.3) is 0 Å². The Kier molecular flexibility index (Phi) is 11.5. The third-order valence-electron chi connectivity index (χ3n) is 4.09. The van der Waals surface area contributed by atoms with Gasteiger partial charge in [-0.1, -0.05) is 19.9 Å². The Hall–Kier alpha value is -2.69. The maximum Gasteiger partial charge on any atom is 0.213 e. The van der Waals surface area contributed by atoms with Crippen molar-refractivity contribution >= 4 is 12.6 Å². The highest BCUT2D eigenvalue weighted by Gasteiger charge is 2.20. The van der Waals surface area contributed by atoms with Gasteiger partial charge in [-0.25, -0.2) is 9.98 Å². The number of nitrogens with zero attached hydrogens (tertiary/aromatic N) is 3. The molecule has 0 atom stereocenters. The van der Waals surface area contributed by atoms with E-state index in [0.29, 0.717) is 38.1 Å². The third-order valence-corrected chi connectivity index (χ3v) is 4.09. The van der Waals surface area contributed by atoms with Crippen molar-refractivity contribution in [3.8, 4) is 5.88 Å². The molecule has 0 aromatic carbocycles. The van der Waals surface area contributed by atoms with Crippen LogP contribution in [0.15, 0.2) is 34.8 Å². The molecule has 5 N–H and O–H groups in total. The zero-order chi connectivity index (χ0) is 23.3. The van der Waals surface area contributed by atoms with Crippen LogP contribution in [-0.4, -0.2) is 76.7 Å². The van der Waals surface area contributed by atoms with Gasteiger partial charge in [0.15, 0.2) is 5.84 Å². The van der Waals surface area contributed by atoms with Crippen LogP contribution in [0.5, 0.6) is 5.88 Å². The summed E-state index contributed by atoms with van der Waals surface area (Å²) in [6.07, 6.45) is 1.74. The highest BCUT2D eigenvalue weighted by molar-refractivity contribution is 5.98. The second kappa shape index (κ2) is 13.6. The molecule has 0 spiro atoms. The first-order chi connectivity index (χ1) is 14.7. The molecule has 0 aliphatic heterocycles. The Morgan fingerprint density at radius 2 is 2.03 bits per heavy atom. The quantitative estimate of drug-likeness (QED) is 0.140. The molecule has 0 radical (unpaired) electrons. The summed E-state index contributed by atoms with van der Waals surface area (Å²) >= 11 is 0. The largest absolute Gasteiger partial charge is 0.477 e. The van der Waals surface area contributed by atoms with Crippen LogP contribution in [0.1, 0.15) is 19.4 Å². The van der Waals surface area contributed by atoms with Gasteiger partial charge in [0.1, 0.15) is 18.2 Å². The molecule has 31 heavy (non-hydrogen) atoms. The highest BCUT2D eigenvalue weighted by Crippen LogP contribution is 2.18. The SMILES string of the molecule is C=NC(=N)/C(N)=C(\NCOCCOC)NCc1ccc(OCC(C)(C)CN(C)C)nc1. The van der Waals surface area contributed by atoms with Crippen LogP contribution in [0, 0.1) is 10.8 Å². The number of pyridine rings is 1. The van der Waals surface area contributed by atoms with E-state index >= 15 is 0 Å². The second-order valence-corrected chi connectivity index (χ2v) is 8.07. The summed E-state index contributed by atoms with van der Waals surface area (Å²) in [5.74, 6) is 0.878. The lowest BCUT2D eigenvalue weighted by Gasteiger charge is -2.27. The average Bonchev–Trinajstić information content (AvgIpc) is 2.73. The van der Waals surface area contributed by atoms with E-state index in [1.807, 2.05) is 26.2 Å². The van der Waals surface area contributed by atoms with Crippen molar-refractivity contribution in [2.45, 2.75) is 20.4 Å². The fourth-order valence-electron chi connectivity index (χ4n) is 2.76. The van der Waals surface area contributed by atoms with Crippen molar-refractivity contribution in [3.63, 3.8) is 0 Å². The molecule has 0 saturated carbocycles. The summed E-state index contributed by atoms with van der Waals surface area (Å²) in [5.41, 5.74) is 7.07. The number of ether oxygens (including phenoxy) is 3. The van der Waals surface area contributed by atoms with Crippen molar-refractivity contribution in [1.82, 2.24) is 20.5 Å². The molecule has 1 aromatic rings. The van der Waals surface area contributed by atoms with Crippen molar-refractivity contribution in [2.24, 2.45) is 16.1 Å². The van der Waals surface area contributed by atoms with Crippen LogP contribution in [0.2, 0.25) is 0 Å². The zero-order valence-corrected chi connectivity index (χ0v) is 19.3. The van der Waals surface area contributed by atoms with Crippen LogP contribution in [-0.2, 0) is 16.0 Å². The van der Waals surface area contributed by atoms with Gasteiger partial charge >= 0.3 is 0 Å². The van der Waals surface area contributed by atoms with Crippen molar-refractivity contribution in [2.75, 3.05) is 54.3 Å². The molecule has 10 nitrogen and oxygen atoms in total. The maximum absolute atomic E-state index is 7.79. The lowest BCUT2D eigenvalue weighted by molar-refractivity contribution is 0.0636. The molecule has 0 saturated heterocycles. The summed E-state index contributed by atoms with van der Waals surface area (Å²) in [6.45, 7) is 10.7. The Bertz CT molecular complexity index is 718. The predicted octanol–water partition coefficient (Wildman–Crippen LogP) is 1.15. The predicted molar refractivity (Wildman–Crippen MR) is 123 cm³/mol. The molecule has 0 aliphatic rings. The Balaban J connectivity index is 2.65. The molecule has 1 aromatic heterocycles. The summed E-state index contributed by atoms with van der Waals surface area (Å²) in [6, 6.07) is 3.76. The normalized spacial score (nSPS) is 12.3. The highest BCUT2D eigenvalue weighted by atomic mass is 16.5. The number of nitrogens with one attached hydrogen (secondary N) is 3. The molecule has 0 aliphatic carbocycles. The minimum atomic E-state index is -0.130. The van der Waals surface area contributed by atoms with Crippen molar-refractivity contribution in [1.29, 1.82) is 5.41 Å². The topological polar surface area (TPSA) is 130 Å². The fraction of sp³-hybridized carbons (Fsp3) is 0.571. The average molecular weight is 436 g/mol. The van der Waals surface area contributed by atoms with Gasteiger partial charge in [-0.05, 0) is 26.4 Å². The Morgan fingerprint density at radius 1 is 1.29 bits per heavy atom. The van der Waals surface area contributed by atoms with E-state index in [0.717, 1.165) is 12.1 Å². The maximum atomic E-state index is 7.79. The molecule has 0 fully saturated rings. The van der Waals surface area contributed by atoms with Gasteiger partial charge in [0.2, 0.25) is 5.88 Å². The van der Waals surface area contributed by atoms with E-state index in [2.05, 4.69) is 46.1 Å². The van der Waals surface area contributed by atoms with Gasteiger partial charge in [-0.15, -0.1) is 0 Å². The molecule has 0 bridgehead atoms. The fourth-order valence-corrected chi connectivity index (χ4v) is 2.76. The minimum Gasteiger partial charge on any atom is -0.477 e. The minimum absolute atomic E-state index is 0.0171. The standard InChI is InChI=1S/C21H37N7O3/c1-21(2,13-28(4)5)14-31-17-8-7-16(11-25-17)12-26-20(18(22)19(23)24-3)27-15-30-10-9-29-6/h7-8,11,23,26-27H,3,9-10,12-15,22H2,1-2,4-6H3/b20-18+,23-19?. The van der Waals surface area contributed by atoms with E-state index < -0.39 is 0 Å². The number of amidine groups is 1. The van der Waals surface area contributed by atoms with Crippen molar-refractivity contribution < 1.29 is 14.2 Å². The summed E-state index contributed by atoms with van der Waals surface area (Å²) in [5, 5.41) is 14.0. The van der Waals surface area contributed by atoms with Gasteiger partial charge in [0.25, 0.3) is 0 Å². The number of aliphatic imine (C=N–C) groups is 1. The smallest absolute Gasteiger partial charge is 0.213 e. The molecule has 1 heterocycles. The first-order valence-electron chi connectivity index (χ1n) is 10.0. The number of aromatic nitrogens is 1. The van der Waals surface area contributed by atoms with Crippen LogP contribution < -0.4 is 21.1 Å². The summed E-state index contributed by atoms with van der Waals surface area (Å²) < 4.78 is 16.2. The Morgan fingerprint density at radius 3 is 2.61 bits per heavy atom. The summed E-state index contributed by atoms with van der Waals surface area (Å²) in [7, 11) is 5.70. The molecule has 0 amide bonds. The molecular weight excluding hydrogens is 398 g/mol. The molecule has 10 heteroatoms. The van der Waals surface area contributed by atoms with E-state index in [1.54, 1.807) is 13.3 Å². The zero-order valence-electron chi connectivity index (χ0n) is 19.3. The van der Waals surface area contributed by atoms with Gasteiger partial charge in [-0.3, -0.25) is 5.41 Å².